The van der Waals surface area contributed by atoms with Crippen LogP contribution in [0.3, 0.4) is 0 Å². The van der Waals surface area contributed by atoms with E-state index < -0.39 is 14.9 Å². The van der Waals surface area contributed by atoms with E-state index in [2.05, 4.69) is 14.7 Å². The smallest absolute Gasteiger partial charge is 0.278 e. The molecule has 8 nitrogen and oxygen atoms in total. The number of sulfonamides is 1. The number of nitro groups is 1. The monoisotopic (exact) mass is 282 g/mol. The lowest BCUT2D eigenvalue weighted by Crippen LogP contribution is -2.14. The van der Waals surface area contributed by atoms with Crippen LogP contribution in [-0.2, 0) is 10.0 Å². The molecule has 0 fully saturated rings. The van der Waals surface area contributed by atoms with E-state index in [0.29, 0.717) is 5.56 Å². The largest absolute Gasteiger partial charge is 0.334 e. The molecule has 0 aliphatic heterocycles. The van der Waals surface area contributed by atoms with Gasteiger partial charge in [0.15, 0.2) is 5.03 Å². The number of non-ortho nitro benzene ring substituents is 1. The highest BCUT2D eigenvalue weighted by molar-refractivity contribution is 7.92. The van der Waals surface area contributed by atoms with Gasteiger partial charge in [0.05, 0.1) is 23.1 Å². The molecule has 0 aliphatic rings. The zero-order chi connectivity index (χ0) is 14.0. The molecule has 0 saturated carbocycles. The van der Waals surface area contributed by atoms with Crippen LogP contribution in [-0.4, -0.2) is 23.3 Å². The lowest BCUT2D eigenvalue weighted by Gasteiger charge is -2.08. The second kappa shape index (κ2) is 4.69. The van der Waals surface area contributed by atoms with Crippen LogP contribution >= 0.6 is 0 Å². The number of rotatable bonds is 4. The lowest BCUT2D eigenvalue weighted by atomic mass is 10.2. The van der Waals surface area contributed by atoms with Gasteiger partial charge in [-0.3, -0.25) is 14.8 Å². The van der Waals surface area contributed by atoms with E-state index in [1.54, 1.807) is 6.92 Å². The second-order valence-electron chi connectivity index (χ2n) is 3.78. The van der Waals surface area contributed by atoms with Gasteiger partial charge >= 0.3 is 0 Å². The van der Waals surface area contributed by atoms with Gasteiger partial charge in [0.1, 0.15) is 0 Å². The van der Waals surface area contributed by atoms with Gasteiger partial charge < -0.3 is 4.98 Å². The molecule has 9 heteroatoms. The molecule has 2 N–H and O–H groups in total. The van der Waals surface area contributed by atoms with E-state index in [4.69, 9.17) is 0 Å². The first kappa shape index (κ1) is 13.0. The second-order valence-corrected chi connectivity index (χ2v) is 5.43. The minimum atomic E-state index is -3.83. The van der Waals surface area contributed by atoms with Gasteiger partial charge in [0.25, 0.3) is 15.7 Å². The summed E-state index contributed by atoms with van der Waals surface area (Å²) in [6, 6.07) is 3.95. The Kier molecular flexibility index (Phi) is 3.21. The van der Waals surface area contributed by atoms with Crippen LogP contribution < -0.4 is 4.72 Å². The molecular formula is C10H10N4O4S. The number of aromatic nitrogens is 2. The Labute approximate surface area is 108 Å². The number of H-pyrrole nitrogens is 1. The van der Waals surface area contributed by atoms with Crippen molar-refractivity contribution in [3.8, 4) is 0 Å². The minimum Gasteiger partial charge on any atom is -0.334 e. The van der Waals surface area contributed by atoms with Crippen molar-refractivity contribution < 1.29 is 13.3 Å². The number of hydrogen-bond donors (Lipinski definition) is 2. The van der Waals surface area contributed by atoms with Gasteiger partial charge in [-0.15, -0.1) is 0 Å². The van der Waals surface area contributed by atoms with Gasteiger partial charge in [-0.25, -0.2) is 4.98 Å². The highest BCUT2D eigenvalue weighted by Gasteiger charge is 2.18. The first-order valence-electron chi connectivity index (χ1n) is 5.16. The molecule has 0 saturated heterocycles. The van der Waals surface area contributed by atoms with Crippen molar-refractivity contribution >= 4 is 21.4 Å². The van der Waals surface area contributed by atoms with Crippen LogP contribution in [0, 0.1) is 17.0 Å². The fourth-order valence-corrected chi connectivity index (χ4v) is 2.45. The number of benzene rings is 1. The van der Waals surface area contributed by atoms with E-state index in [0.717, 1.165) is 6.20 Å². The quantitative estimate of drug-likeness (QED) is 0.649. The van der Waals surface area contributed by atoms with Gasteiger partial charge in [-0.2, -0.15) is 8.42 Å². The van der Waals surface area contributed by atoms with Gasteiger partial charge in [0, 0.05) is 12.1 Å². The van der Waals surface area contributed by atoms with E-state index in [1.165, 1.54) is 24.5 Å². The van der Waals surface area contributed by atoms with Crippen molar-refractivity contribution in [1.29, 1.82) is 0 Å². The summed E-state index contributed by atoms with van der Waals surface area (Å²) in [5, 5.41) is 10.6. The molecule has 19 heavy (non-hydrogen) atoms. The third kappa shape index (κ3) is 2.71. The van der Waals surface area contributed by atoms with Crippen LogP contribution in [0.1, 0.15) is 5.56 Å². The topological polar surface area (TPSA) is 118 Å². The Morgan fingerprint density at radius 1 is 1.42 bits per heavy atom. The molecule has 0 unspecified atom stereocenters. The first-order valence-corrected chi connectivity index (χ1v) is 6.65. The molecule has 0 aliphatic carbocycles. The Bertz CT molecular complexity index is 709. The average molecular weight is 282 g/mol. The molecule has 1 aromatic carbocycles. The Morgan fingerprint density at radius 3 is 2.74 bits per heavy atom. The summed E-state index contributed by atoms with van der Waals surface area (Å²) in [4.78, 5) is 16.2. The van der Waals surface area contributed by atoms with Crippen molar-refractivity contribution in [3.63, 3.8) is 0 Å². The number of imidazole rings is 1. The Hall–Kier alpha value is -2.42. The molecule has 0 spiro atoms. The fourth-order valence-electron chi connectivity index (χ4n) is 1.42. The molecular weight excluding hydrogens is 272 g/mol. The summed E-state index contributed by atoms with van der Waals surface area (Å²) in [6.07, 6.45) is 2.38. The zero-order valence-electron chi connectivity index (χ0n) is 9.82. The van der Waals surface area contributed by atoms with E-state index in [9.17, 15) is 18.5 Å². The van der Waals surface area contributed by atoms with Gasteiger partial charge in [-0.05, 0) is 12.5 Å². The van der Waals surface area contributed by atoms with Gasteiger partial charge in [0.2, 0.25) is 0 Å². The maximum atomic E-state index is 11.9. The Balaban J connectivity index is 2.39. The summed E-state index contributed by atoms with van der Waals surface area (Å²) < 4.78 is 26.2. The summed E-state index contributed by atoms with van der Waals surface area (Å²) >= 11 is 0. The summed E-state index contributed by atoms with van der Waals surface area (Å²) in [7, 11) is -3.83. The third-order valence-corrected chi connectivity index (χ3v) is 3.73. The minimum absolute atomic E-state index is 0.113. The lowest BCUT2D eigenvalue weighted by molar-refractivity contribution is -0.384. The number of aryl methyl sites for hydroxylation is 1. The van der Waals surface area contributed by atoms with Crippen LogP contribution in [0.5, 0.6) is 0 Å². The SMILES string of the molecule is Cc1ccc([N+](=O)[O-])cc1NS(=O)(=O)c1cnc[nH]1. The van der Waals surface area contributed by atoms with Crippen LogP contribution in [0.15, 0.2) is 35.7 Å². The molecule has 1 heterocycles. The molecule has 0 bridgehead atoms. The van der Waals surface area contributed by atoms with E-state index in [1.807, 2.05) is 0 Å². The number of nitrogens with one attached hydrogen (secondary N) is 2. The fraction of sp³-hybridized carbons (Fsp3) is 0.100. The molecule has 0 amide bonds. The number of aromatic amines is 1. The predicted octanol–water partition coefficient (Wildman–Crippen LogP) is 1.43. The summed E-state index contributed by atoms with van der Waals surface area (Å²) in [5.74, 6) is 0. The highest BCUT2D eigenvalue weighted by Crippen LogP contribution is 2.23. The van der Waals surface area contributed by atoms with Crippen LogP contribution in [0.4, 0.5) is 11.4 Å². The average Bonchev–Trinajstić information content (AvgIpc) is 2.85. The van der Waals surface area contributed by atoms with Crippen molar-refractivity contribution in [1.82, 2.24) is 9.97 Å². The van der Waals surface area contributed by atoms with Crippen molar-refractivity contribution in [2.24, 2.45) is 0 Å². The number of nitro benzene ring substituents is 1. The molecule has 100 valence electrons. The van der Waals surface area contributed by atoms with Crippen molar-refractivity contribution in [2.75, 3.05) is 4.72 Å². The van der Waals surface area contributed by atoms with Crippen LogP contribution in [0.2, 0.25) is 0 Å². The maximum absolute atomic E-state index is 11.9. The summed E-state index contributed by atoms with van der Waals surface area (Å²) in [6.45, 7) is 1.65. The number of hydrogen-bond acceptors (Lipinski definition) is 5. The van der Waals surface area contributed by atoms with Crippen molar-refractivity contribution in [2.45, 2.75) is 11.9 Å². The highest BCUT2D eigenvalue weighted by atomic mass is 32.2. The first-order chi connectivity index (χ1) is 8.90. The molecule has 2 aromatic rings. The number of nitrogens with zero attached hydrogens (tertiary/aromatic N) is 2. The maximum Gasteiger partial charge on any atom is 0.278 e. The molecule has 0 radical (unpaired) electrons. The Morgan fingerprint density at radius 2 is 2.16 bits per heavy atom. The van der Waals surface area contributed by atoms with Crippen LogP contribution in [0.25, 0.3) is 0 Å². The normalized spacial score (nSPS) is 11.2. The van der Waals surface area contributed by atoms with E-state index in [-0.39, 0.29) is 16.4 Å². The van der Waals surface area contributed by atoms with E-state index >= 15 is 0 Å². The molecule has 0 atom stereocenters. The van der Waals surface area contributed by atoms with Crippen molar-refractivity contribution in [3.05, 3.63) is 46.4 Å². The molecule has 1 aromatic heterocycles. The third-order valence-electron chi connectivity index (χ3n) is 2.44. The molecule has 2 rings (SSSR count). The standard InChI is InChI=1S/C10H10N4O4S/c1-7-2-3-8(14(15)16)4-9(7)13-19(17,18)10-5-11-6-12-10/h2-6,13H,1H3,(H,11,12). The summed E-state index contributed by atoms with van der Waals surface area (Å²) in [5.41, 5.74) is 0.547. The number of anilines is 1. The van der Waals surface area contributed by atoms with Gasteiger partial charge in [-0.1, -0.05) is 6.07 Å². The zero-order valence-corrected chi connectivity index (χ0v) is 10.6. The predicted molar refractivity (Wildman–Crippen MR) is 67.2 cm³/mol.